The molecule has 0 fully saturated rings. The first-order chi connectivity index (χ1) is 8.77. The van der Waals surface area contributed by atoms with Crippen LogP contribution in [0.5, 0.6) is 0 Å². The number of allylic oxidation sites excluding steroid dienone is 2. The topological polar surface area (TPSA) is 37.3 Å². The summed E-state index contributed by atoms with van der Waals surface area (Å²) in [6, 6.07) is 0. The molecular weight excluding hydrogens is 362 g/mol. The van der Waals surface area contributed by atoms with Crippen LogP contribution in [0.3, 0.4) is 0 Å². The van der Waals surface area contributed by atoms with Gasteiger partial charge in [0.15, 0.2) is 0 Å². The Balaban J connectivity index is 0. The fourth-order valence-corrected chi connectivity index (χ4v) is 1.99. The SMILES string of the molecule is CCCCCCC=CCCCCCCCC(=O)O.[Ba]. The Bertz CT molecular complexity index is 215. The monoisotopic (exact) mass is 392 g/mol. The minimum absolute atomic E-state index is 0. The Kier molecular flexibility index (Phi) is 21.8. The standard InChI is InChI=1S/C16H30O2.Ba/c1-2-3-4-5-6-7-8-9-10-11-12-13-14-15-16(17)18;/h7-8H,2-6,9-15H2,1H3,(H,17,18);. The molecule has 0 aliphatic heterocycles. The molecule has 108 valence electrons. The van der Waals surface area contributed by atoms with Crippen molar-refractivity contribution in [3.05, 3.63) is 12.2 Å². The molecular formula is C16H30BaO2. The van der Waals surface area contributed by atoms with Gasteiger partial charge >= 0.3 is 5.97 Å². The number of hydrogen-bond acceptors (Lipinski definition) is 1. The molecule has 0 saturated heterocycles. The van der Waals surface area contributed by atoms with Crippen LogP contribution in [-0.4, -0.2) is 60.0 Å². The zero-order valence-electron chi connectivity index (χ0n) is 12.7. The first-order valence-corrected chi connectivity index (χ1v) is 7.64. The number of carboxylic acids is 1. The van der Waals surface area contributed by atoms with Crippen molar-refractivity contribution in [1.29, 1.82) is 0 Å². The third-order valence-electron chi connectivity index (χ3n) is 3.15. The normalized spacial score (nSPS) is 10.6. The molecule has 0 aromatic rings. The summed E-state index contributed by atoms with van der Waals surface area (Å²) >= 11 is 0. The van der Waals surface area contributed by atoms with Crippen molar-refractivity contribution in [1.82, 2.24) is 0 Å². The van der Waals surface area contributed by atoms with Gasteiger partial charge in [0.25, 0.3) is 0 Å². The third-order valence-corrected chi connectivity index (χ3v) is 3.15. The Morgan fingerprint density at radius 1 is 0.842 bits per heavy atom. The molecule has 0 rings (SSSR count). The van der Waals surface area contributed by atoms with E-state index >= 15 is 0 Å². The van der Waals surface area contributed by atoms with Crippen molar-refractivity contribution in [3.8, 4) is 0 Å². The Morgan fingerprint density at radius 2 is 1.32 bits per heavy atom. The summed E-state index contributed by atoms with van der Waals surface area (Å²) in [5, 5.41) is 8.48. The van der Waals surface area contributed by atoms with E-state index in [9.17, 15) is 4.79 Å². The Labute approximate surface area is 159 Å². The van der Waals surface area contributed by atoms with Gasteiger partial charge in [-0.25, -0.2) is 0 Å². The van der Waals surface area contributed by atoms with Crippen molar-refractivity contribution in [2.24, 2.45) is 0 Å². The summed E-state index contributed by atoms with van der Waals surface area (Å²) in [5.41, 5.74) is 0. The van der Waals surface area contributed by atoms with Crippen LogP contribution in [0.2, 0.25) is 0 Å². The van der Waals surface area contributed by atoms with Crippen LogP contribution in [0.25, 0.3) is 0 Å². The van der Waals surface area contributed by atoms with E-state index in [0.29, 0.717) is 6.42 Å². The van der Waals surface area contributed by atoms with Crippen LogP contribution < -0.4 is 0 Å². The molecule has 2 radical (unpaired) electrons. The molecule has 0 aromatic carbocycles. The minimum Gasteiger partial charge on any atom is -0.481 e. The average Bonchev–Trinajstić information content (AvgIpc) is 2.34. The summed E-state index contributed by atoms with van der Waals surface area (Å²) in [6.07, 6.45) is 18.3. The molecule has 0 spiro atoms. The van der Waals surface area contributed by atoms with Crippen LogP contribution in [0.1, 0.15) is 84.0 Å². The molecule has 0 aromatic heterocycles. The number of aliphatic carboxylic acids is 1. The smallest absolute Gasteiger partial charge is 0.303 e. The maximum atomic E-state index is 10.3. The largest absolute Gasteiger partial charge is 0.481 e. The van der Waals surface area contributed by atoms with E-state index in [0.717, 1.165) is 12.8 Å². The van der Waals surface area contributed by atoms with E-state index in [1.165, 1.54) is 57.8 Å². The molecule has 0 aliphatic carbocycles. The van der Waals surface area contributed by atoms with E-state index in [1.54, 1.807) is 0 Å². The molecule has 0 saturated carbocycles. The summed E-state index contributed by atoms with van der Waals surface area (Å²) in [5.74, 6) is -0.666. The van der Waals surface area contributed by atoms with E-state index in [-0.39, 0.29) is 48.9 Å². The Morgan fingerprint density at radius 3 is 1.84 bits per heavy atom. The summed E-state index contributed by atoms with van der Waals surface area (Å²) < 4.78 is 0. The van der Waals surface area contributed by atoms with Gasteiger partial charge in [0.2, 0.25) is 0 Å². The van der Waals surface area contributed by atoms with E-state index in [1.807, 2.05) is 0 Å². The van der Waals surface area contributed by atoms with E-state index in [2.05, 4.69) is 19.1 Å². The first-order valence-electron chi connectivity index (χ1n) is 7.64. The van der Waals surface area contributed by atoms with Crippen molar-refractivity contribution < 1.29 is 9.90 Å². The molecule has 2 nitrogen and oxygen atoms in total. The van der Waals surface area contributed by atoms with Gasteiger partial charge in [-0.2, -0.15) is 0 Å². The molecule has 0 unspecified atom stereocenters. The zero-order valence-corrected chi connectivity index (χ0v) is 17.1. The van der Waals surface area contributed by atoms with Gasteiger partial charge in [-0.1, -0.05) is 57.6 Å². The van der Waals surface area contributed by atoms with Crippen molar-refractivity contribution in [2.75, 3.05) is 0 Å². The zero-order chi connectivity index (χ0) is 13.5. The van der Waals surface area contributed by atoms with Crippen molar-refractivity contribution >= 4 is 54.9 Å². The average molecular weight is 392 g/mol. The molecule has 0 aliphatic rings. The fraction of sp³-hybridized carbons (Fsp3) is 0.812. The third kappa shape index (κ3) is 21.2. The van der Waals surface area contributed by atoms with E-state index in [4.69, 9.17) is 5.11 Å². The van der Waals surface area contributed by atoms with Gasteiger partial charge in [-0.3, -0.25) is 4.79 Å². The molecule has 1 N–H and O–H groups in total. The minimum atomic E-state index is -0.666. The number of unbranched alkanes of at least 4 members (excludes halogenated alkanes) is 9. The van der Waals surface area contributed by atoms with E-state index < -0.39 is 5.97 Å². The predicted octanol–water partition coefficient (Wildman–Crippen LogP) is 4.95. The summed E-state index contributed by atoms with van der Waals surface area (Å²) in [4.78, 5) is 10.3. The van der Waals surface area contributed by atoms with Gasteiger partial charge in [0.05, 0.1) is 0 Å². The van der Waals surface area contributed by atoms with Gasteiger partial charge in [0.1, 0.15) is 0 Å². The number of carboxylic acid groups (broad SMARTS) is 1. The number of rotatable bonds is 13. The van der Waals surface area contributed by atoms with Crippen LogP contribution in [-0.2, 0) is 4.79 Å². The van der Waals surface area contributed by atoms with Crippen LogP contribution >= 0.6 is 0 Å². The molecule has 3 heteroatoms. The maximum Gasteiger partial charge on any atom is 0.303 e. The molecule has 0 bridgehead atoms. The number of carbonyl (C=O) groups is 1. The summed E-state index contributed by atoms with van der Waals surface area (Å²) in [6.45, 7) is 2.24. The second kappa shape index (κ2) is 18.8. The molecule has 0 atom stereocenters. The summed E-state index contributed by atoms with van der Waals surface area (Å²) in [7, 11) is 0. The Hall–Kier alpha value is 0.781. The van der Waals surface area contributed by atoms with Gasteiger partial charge in [0, 0.05) is 55.3 Å². The van der Waals surface area contributed by atoms with Crippen LogP contribution in [0, 0.1) is 0 Å². The van der Waals surface area contributed by atoms with Gasteiger partial charge < -0.3 is 5.11 Å². The molecule has 0 amide bonds. The van der Waals surface area contributed by atoms with Crippen LogP contribution in [0.15, 0.2) is 12.2 Å². The second-order valence-corrected chi connectivity index (χ2v) is 5.02. The van der Waals surface area contributed by atoms with Crippen molar-refractivity contribution in [3.63, 3.8) is 0 Å². The first kappa shape index (κ1) is 22.1. The van der Waals surface area contributed by atoms with Gasteiger partial charge in [-0.05, 0) is 32.1 Å². The van der Waals surface area contributed by atoms with Gasteiger partial charge in [-0.15, -0.1) is 0 Å². The number of hydrogen-bond donors (Lipinski definition) is 1. The van der Waals surface area contributed by atoms with Crippen LogP contribution in [0.4, 0.5) is 0 Å². The second-order valence-electron chi connectivity index (χ2n) is 5.02. The quantitative estimate of drug-likeness (QED) is 0.274. The predicted molar refractivity (Wildman–Crippen MR) is 83.6 cm³/mol. The van der Waals surface area contributed by atoms with Crippen molar-refractivity contribution in [2.45, 2.75) is 84.0 Å². The maximum absolute atomic E-state index is 10.3. The molecule has 0 heterocycles. The molecule has 19 heavy (non-hydrogen) atoms. The fourth-order valence-electron chi connectivity index (χ4n) is 1.99.